The molecule has 0 saturated heterocycles. The standard InChI is InChI=1S/C80H54F2N6/c81-71-44-59(78-86-76(58-28-25-50-13-3-6-17-54(50)42-58)87-79(88-78)67-21-9-18-51-14-7-8-19-63(51)67)29-32-64(71)55-31-34-69-68(43-55)73-66(20-10-22-70(73)80(69)61-36-46-35-47(38-61)39-62(80)37-46)65-33-30-60(45-72(65)82)77-84-74(56-26-23-48-11-1-4-15-52(48)40-56)83-75(85-77)57-27-24-49-12-2-5-16-53(49)41-57/h1-34,40-47,61-62H,35-39H2. The second kappa shape index (κ2) is 19.8. The van der Waals surface area contributed by atoms with Crippen molar-refractivity contribution in [2.75, 3.05) is 0 Å². The molecule has 5 aliphatic carbocycles. The number of hydrogen-bond donors (Lipinski definition) is 0. The molecular weight excluding hydrogens is 1080 g/mol. The van der Waals surface area contributed by atoms with Crippen LogP contribution in [0.15, 0.2) is 243 Å². The molecule has 6 nitrogen and oxygen atoms in total. The van der Waals surface area contributed by atoms with Crippen molar-refractivity contribution in [2.45, 2.75) is 37.5 Å². The van der Waals surface area contributed by atoms with Crippen LogP contribution in [0.25, 0.3) is 145 Å². The van der Waals surface area contributed by atoms with Crippen molar-refractivity contribution < 1.29 is 8.78 Å². The van der Waals surface area contributed by atoms with Gasteiger partial charge in [0.25, 0.3) is 0 Å². The smallest absolute Gasteiger partial charge is 0.164 e. The third kappa shape index (κ3) is 8.11. The molecule has 1 spiro atoms. The van der Waals surface area contributed by atoms with E-state index in [1.54, 1.807) is 12.1 Å². The molecule has 4 fully saturated rings. The number of rotatable bonds is 8. The summed E-state index contributed by atoms with van der Waals surface area (Å²) < 4.78 is 35.3. The number of fused-ring (bicyclic) bond motifs is 7. The van der Waals surface area contributed by atoms with Gasteiger partial charge in [-0.2, -0.15) is 0 Å². The Morgan fingerprint density at radius 1 is 0.273 bits per heavy atom. The number of nitrogens with zero attached hydrogens (tertiary/aromatic N) is 6. The van der Waals surface area contributed by atoms with Crippen molar-refractivity contribution in [3.05, 3.63) is 265 Å². The maximum Gasteiger partial charge on any atom is 0.164 e. The monoisotopic (exact) mass is 1140 g/mol. The van der Waals surface area contributed by atoms with Gasteiger partial charge < -0.3 is 0 Å². The van der Waals surface area contributed by atoms with E-state index in [0.717, 1.165) is 99.4 Å². The second-order valence-electron chi connectivity index (χ2n) is 24.9. The van der Waals surface area contributed by atoms with Crippen LogP contribution in [0.3, 0.4) is 0 Å². The predicted octanol–water partition coefficient (Wildman–Crippen LogP) is 20.0. The van der Waals surface area contributed by atoms with Crippen LogP contribution in [0.2, 0.25) is 0 Å². The van der Waals surface area contributed by atoms with Crippen molar-refractivity contribution in [1.82, 2.24) is 29.9 Å². The zero-order valence-electron chi connectivity index (χ0n) is 47.9. The van der Waals surface area contributed by atoms with Crippen LogP contribution in [0.5, 0.6) is 0 Å². The molecule has 4 bridgehead atoms. The highest BCUT2D eigenvalue weighted by molar-refractivity contribution is 5.98. The first kappa shape index (κ1) is 50.8. The molecule has 2 heterocycles. The van der Waals surface area contributed by atoms with Crippen LogP contribution in [0.1, 0.15) is 43.2 Å². The fourth-order valence-electron chi connectivity index (χ4n) is 16.3. The Balaban J connectivity index is 0.755. The van der Waals surface area contributed by atoms with Gasteiger partial charge in [0.1, 0.15) is 11.6 Å². The van der Waals surface area contributed by atoms with Gasteiger partial charge in [-0.1, -0.05) is 206 Å². The summed E-state index contributed by atoms with van der Waals surface area (Å²) in [4.78, 5) is 30.5. The lowest BCUT2D eigenvalue weighted by Crippen LogP contribution is -2.55. The highest BCUT2D eigenvalue weighted by Gasteiger charge is 2.62. The lowest BCUT2D eigenvalue weighted by Gasteiger charge is -2.61. The lowest BCUT2D eigenvalue weighted by atomic mass is 9.43. The average Bonchev–Trinajstić information content (AvgIpc) is 1.61. The number of hydrogen-bond acceptors (Lipinski definition) is 6. The summed E-state index contributed by atoms with van der Waals surface area (Å²) in [6.07, 6.45) is 6.07. The van der Waals surface area contributed by atoms with Crippen molar-refractivity contribution in [3.8, 4) is 102 Å². The van der Waals surface area contributed by atoms with E-state index in [2.05, 4.69) is 127 Å². The maximum absolute atomic E-state index is 17.8. The van der Waals surface area contributed by atoms with Gasteiger partial charge >= 0.3 is 0 Å². The Morgan fingerprint density at radius 2 is 0.682 bits per heavy atom. The summed E-state index contributed by atoms with van der Waals surface area (Å²) in [6.45, 7) is 0. The SMILES string of the molecule is Fc1cc(-c2nc(-c3ccc4ccccc4c3)nc(-c3cccc4ccccc34)n2)ccc1-c1ccc2c(c1)-c1c(-c3ccc(-c4nc(-c5ccc6ccccc6c5)nc(-c5ccc6ccccc6c5)n4)cc3F)cccc1C21C2CC3CC(C2)CC1C3. The number of aromatic nitrogens is 6. The molecule has 5 aliphatic rings. The van der Waals surface area contributed by atoms with E-state index in [1.807, 2.05) is 103 Å². The molecule has 14 aromatic rings. The summed E-state index contributed by atoms with van der Waals surface area (Å²) in [5.74, 6) is 4.41. The first-order valence-corrected chi connectivity index (χ1v) is 30.7. The summed E-state index contributed by atoms with van der Waals surface area (Å²) in [7, 11) is 0. The number of benzene rings is 12. The van der Waals surface area contributed by atoms with Gasteiger partial charge in [0.2, 0.25) is 0 Å². The van der Waals surface area contributed by atoms with Gasteiger partial charge in [-0.05, 0) is 169 Å². The minimum absolute atomic E-state index is 0.224. The Morgan fingerprint density at radius 3 is 1.20 bits per heavy atom. The molecule has 0 atom stereocenters. The molecule has 0 unspecified atom stereocenters. The minimum Gasteiger partial charge on any atom is -0.208 e. The van der Waals surface area contributed by atoms with Gasteiger partial charge in [-0.15, -0.1) is 0 Å². The van der Waals surface area contributed by atoms with Crippen molar-refractivity contribution >= 4 is 43.1 Å². The van der Waals surface area contributed by atoms with Crippen LogP contribution in [-0.4, -0.2) is 29.9 Å². The molecule has 19 rings (SSSR count). The second-order valence-corrected chi connectivity index (χ2v) is 24.9. The topological polar surface area (TPSA) is 77.3 Å². The van der Waals surface area contributed by atoms with E-state index in [-0.39, 0.29) is 17.0 Å². The summed E-state index contributed by atoms with van der Waals surface area (Å²) in [5, 5.41) is 8.65. The van der Waals surface area contributed by atoms with Crippen molar-refractivity contribution in [1.29, 1.82) is 0 Å². The molecule has 0 aliphatic heterocycles. The molecular formula is C80H54F2N6. The molecule has 0 radical (unpaired) electrons. The highest BCUT2D eigenvalue weighted by atomic mass is 19.1. The molecule has 4 saturated carbocycles. The zero-order chi connectivity index (χ0) is 58.2. The Kier molecular flexibility index (Phi) is 11.4. The largest absolute Gasteiger partial charge is 0.208 e. The van der Waals surface area contributed by atoms with E-state index in [0.29, 0.717) is 69.0 Å². The highest BCUT2D eigenvalue weighted by Crippen LogP contribution is 2.70. The van der Waals surface area contributed by atoms with Crippen LogP contribution in [-0.2, 0) is 5.41 Å². The first-order chi connectivity index (χ1) is 43.3. The fraction of sp³-hybridized carbons (Fsp3) is 0.125. The molecule has 88 heavy (non-hydrogen) atoms. The Labute approximate surface area is 507 Å². The minimum atomic E-state index is -0.389. The van der Waals surface area contributed by atoms with Crippen LogP contribution in [0.4, 0.5) is 8.78 Å². The predicted molar refractivity (Wildman–Crippen MR) is 350 cm³/mol. The zero-order valence-corrected chi connectivity index (χ0v) is 47.9. The normalized spacial score (nSPS) is 18.8. The third-order valence-corrected chi connectivity index (χ3v) is 20.1. The van der Waals surface area contributed by atoms with E-state index in [4.69, 9.17) is 29.9 Å². The molecule has 0 amide bonds. The Bertz CT molecular complexity index is 5120. The lowest BCUT2D eigenvalue weighted by molar-refractivity contribution is -0.0399. The van der Waals surface area contributed by atoms with Crippen molar-refractivity contribution in [2.24, 2.45) is 23.7 Å². The first-order valence-electron chi connectivity index (χ1n) is 30.7. The van der Waals surface area contributed by atoms with Crippen molar-refractivity contribution in [3.63, 3.8) is 0 Å². The van der Waals surface area contributed by atoms with E-state index < -0.39 is 0 Å². The van der Waals surface area contributed by atoms with Gasteiger partial charge in [-0.3, -0.25) is 0 Å². The van der Waals surface area contributed by atoms with Gasteiger partial charge in [0.05, 0.1) is 0 Å². The van der Waals surface area contributed by atoms with Gasteiger partial charge in [0, 0.05) is 49.9 Å². The molecule has 0 N–H and O–H groups in total. The average molecular weight is 1140 g/mol. The quantitative estimate of drug-likeness (QED) is 0.151. The molecule has 8 heteroatoms. The maximum atomic E-state index is 17.8. The Hall–Kier alpha value is -10.4. The fourth-order valence-corrected chi connectivity index (χ4v) is 16.3. The molecule has 2 aromatic heterocycles. The van der Waals surface area contributed by atoms with Crippen LogP contribution >= 0.6 is 0 Å². The van der Waals surface area contributed by atoms with Crippen LogP contribution in [0, 0.1) is 35.3 Å². The number of halogens is 2. The van der Waals surface area contributed by atoms with Gasteiger partial charge in [0.15, 0.2) is 34.9 Å². The van der Waals surface area contributed by atoms with Gasteiger partial charge in [-0.25, -0.2) is 38.7 Å². The summed E-state index contributed by atoms with van der Waals surface area (Å²) in [6, 6.07) is 81.7. The third-order valence-electron chi connectivity index (χ3n) is 20.1. The van der Waals surface area contributed by atoms with E-state index in [1.165, 1.54) is 43.2 Å². The molecule has 12 aromatic carbocycles. The van der Waals surface area contributed by atoms with E-state index in [9.17, 15) is 0 Å². The summed E-state index contributed by atoms with van der Waals surface area (Å²) in [5.41, 5.74) is 11.5. The van der Waals surface area contributed by atoms with Crippen LogP contribution < -0.4 is 0 Å². The molecule has 418 valence electrons. The van der Waals surface area contributed by atoms with E-state index >= 15 is 8.78 Å². The summed E-state index contributed by atoms with van der Waals surface area (Å²) >= 11 is 0.